The second kappa shape index (κ2) is 8.28. The summed E-state index contributed by atoms with van der Waals surface area (Å²) >= 11 is 1.86. The van der Waals surface area contributed by atoms with Crippen LogP contribution >= 0.6 is 30.3 Å². The lowest BCUT2D eigenvalue weighted by atomic mass is 10.1. The number of fused-ring (bicyclic) bond motifs is 1. The lowest BCUT2D eigenvalue weighted by Gasteiger charge is -2.30. The maximum atomic E-state index is 12.4. The summed E-state index contributed by atoms with van der Waals surface area (Å²) in [6, 6.07) is 0. The molecule has 0 amide bonds. The molecule has 1 unspecified atom stereocenters. The minimum atomic E-state index is -4.10. The molecule has 2 aliphatic rings. The molecule has 160 valence electrons. The summed E-state index contributed by atoms with van der Waals surface area (Å²) in [4.78, 5) is 32.7. The van der Waals surface area contributed by atoms with Gasteiger partial charge in [0.05, 0.1) is 26.1 Å². The fourth-order valence-electron chi connectivity index (χ4n) is 3.26. The minimum absolute atomic E-state index is 0.0640. The van der Waals surface area contributed by atoms with Gasteiger partial charge in [-0.1, -0.05) is 0 Å². The van der Waals surface area contributed by atoms with Gasteiger partial charge < -0.3 is 29.6 Å². The molecule has 0 aliphatic carbocycles. The molecule has 0 aromatic carbocycles. The lowest BCUT2D eigenvalue weighted by Crippen LogP contribution is -2.36. The van der Waals surface area contributed by atoms with Crippen molar-refractivity contribution in [2.75, 3.05) is 32.9 Å². The second-order valence-electron chi connectivity index (χ2n) is 6.55. The number of aromatic nitrogens is 4. The van der Waals surface area contributed by atoms with Crippen LogP contribution in [0.2, 0.25) is 0 Å². The second-order valence-corrected chi connectivity index (χ2v) is 9.32. The summed E-state index contributed by atoms with van der Waals surface area (Å²) in [5.74, 6) is 0. The standard InChI is InChI=1S/C14H19IN5O8P/c15-14-18-8-11(16-6-17-12(8)23)20(14)13-10(22)9(21)7(28-13)5-27-29(24,25)19-1-3-26-4-2-19/h6-7,9-10,13,21-22H,1-5H2,(H,24,25)(H,16,17,23)/t7-,9-,10-,13-/m1/s1. The predicted octanol–water partition coefficient (Wildman–Crippen LogP) is -1.21. The molecule has 2 saturated heterocycles. The van der Waals surface area contributed by atoms with Crippen LogP contribution in [0.4, 0.5) is 0 Å². The Morgan fingerprint density at radius 1 is 1.34 bits per heavy atom. The van der Waals surface area contributed by atoms with Crippen LogP contribution in [0.3, 0.4) is 0 Å². The van der Waals surface area contributed by atoms with Gasteiger partial charge >= 0.3 is 7.75 Å². The van der Waals surface area contributed by atoms with Gasteiger partial charge in [-0.2, -0.15) is 0 Å². The summed E-state index contributed by atoms with van der Waals surface area (Å²) in [6.07, 6.45) is -3.77. The van der Waals surface area contributed by atoms with Crippen LogP contribution in [0.1, 0.15) is 6.23 Å². The third-order valence-corrected chi connectivity index (χ3v) is 7.15. The topological polar surface area (TPSA) is 172 Å². The van der Waals surface area contributed by atoms with E-state index >= 15 is 0 Å². The van der Waals surface area contributed by atoms with Crippen LogP contribution < -0.4 is 5.56 Å². The monoisotopic (exact) mass is 543 g/mol. The molecular formula is C14H19IN5O8P. The van der Waals surface area contributed by atoms with Crippen molar-refractivity contribution in [3.8, 4) is 0 Å². The maximum absolute atomic E-state index is 12.4. The van der Waals surface area contributed by atoms with Crippen LogP contribution in [0.15, 0.2) is 11.1 Å². The number of nitrogens with one attached hydrogen (secondary N) is 1. The smallest absolute Gasteiger partial charge is 0.387 e. The highest BCUT2D eigenvalue weighted by Crippen LogP contribution is 2.47. The van der Waals surface area contributed by atoms with Gasteiger partial charge in [-0.25, -0.2) is 19.2 Å². The Kier molecular flexibility index (Phi) is 6.07. The van der Waals surface area contributed by atoms with Crippen molar-refractivity contribution in [2.24, 2.45) is 0 Å². The molecule has 29 heavy (non-hydrogen) atoms. The summed E-state index contributed by atoms with van der Waals surface area (Å²) in [5, 5.41) is 20.8. The number of ether oxygens (including phenoxy) is 2. The number of rotatable bonds is 5. The van der Waals surface area contributed by atoms with E-state index in [1.807, 2.05) is 22.6 Å². The number of morpholine rings is 1. The zero-order chi connectivity index (χ0) is 20.8. The molecular weight excluding hydrogens is 524 g/mol. The number of hydrogen-bond donors (Lipinski definition) is 4. The molecule has 5 atom stereocenters. The van der Waals surface area contributed by atoms with E-state index in [0.717, 1.165) is 0 Å². The highest BCUT2D eigenvalue weighted by atomic mass is 127. The average Bonchev–Trinajstić information content (AvgIpc) is 3.18. The summed E-state index contributed by atoms with van der Waals surface area (Å²) in [6.45, 7) is 0.696. The Bertz CT molecular complexity index is 994. The number of nitrogens with zero attached hydrogens (tertiary/aromatic N) is 4. The van der Waals surface area contributed by atoms with Crippen LogP contribution in [0, 0.1) is 3.83 Å². The molecule has 4 rings (SSSR count). The summed E-state index contributed by atoms with van der Waals surface area (Å²) < 4.78 is 31.4. The third-order valence-electron chi connectivity index (χ3n) is 4.78. The van der Waals surface area contributed by atoms with Crippen molar-refractivity contribution < 1.29 is 33.7 Å². The van der Waals surface area contributed by atoms with Crippen LogP contribution in [-0.4, -0.2) is 90.5 Å². The average molecular weight is 543 g/mol. The van der Waals surface area contributed by atoms with Gasteiger partial charge in [0, 0.05) is 35.7 Å². The van der Waals surface area contributed by atoms with E-state index in [1.165, 1.54) is 15.6 Å². The first kappa shape index (κ1) is 21.3. The van der Waals surface area contributed by atoms with Crippen molar-refractivity contribution in [2.45, 2.75) is 24.5 Å². The highest BCUT2D eigenvalue weighted by molar-refractivity contribution is 14.1. The summed E-state index contributed by atoms with van der Waals surface area (Å²) in [5.41, 5.74) is -0.211. The van der Waals surface area contributed by atoms with Crippen molar-refractivity contribution >= 4 is 41.5 Å². The minimum Gasteiger partial charge on any atom is -0.387 e. The fourth-order valence-corrected chi connectivity index (χ4v) is 5.18. The van der Waals surface area contributed by atoms with Gasteiger partial charge in [0.15, 0.2) is 21.2 Å². The predicted molar refractivity (Wildman–Crippen MR) is 105 cm³/mol. The molecule has 4 N–H and O–H groups in total. The normalized spacial score (nSPS) is 30.6. The van der Waals surface area contributed by atoms with Crippen molar-refractivity contribution in [1.29, 1.82) is 0 Å². The number of imidazole rings is 1. The van der Waals surface area contributed by atoms with Crippen molar-refractivity contribution in [3.05, 3.63) is 20.5 Å². The molecule has 13 nitrogen and oxygen atoms in total. The molecule has 2 aromatic rings. The number of aliphatic hydroxyl groups is 2. The number of aromatic amines is 1. The number of H-pyrrole nitrogens is 1. The van der Waals surface area contributed by atoms with E-state index in [2.05, 4.69) is 15.0 Å². The van der Waals surface area contributed by atoms with Gasteiger partial charge in [-0.05, 0) is 0 Å². The Morgan fingerprint density at radius 2 is 2.07 bits per heavy atom. The third kappa shape index (κ3) is 4.00. The Morgan fingerprint density at radius 3 is 2.79 bits per heavy atom. The zero-order valence-corrected chi connectivity index (χ0v) is 18.0. The summed E-state index contributed by atoms with van der Waals surface area (Å²) in [7, 11) is -4.10. The highest BCUT2D eigenvalue weighted by Gasteiger charge is 2.46. The fraction of sp³-hybridized carbons (Fsp3) is 0.643. The van der Waals surface area contributed by atoms with E-state index in [0.29, 0.717) is 17.0 Å². The number of aliphatic hydroxyl groups excluding tert-OH is 2. The number of hydrogen-bond acceptors (Lipinski definition) is 9. The van der Waals surface area contributed by atoms with Crippen molar-refractivity contribution in [3.63, 3.8) is 0 Å². The largest absolute Gasteiger partial charge is 0.405 e. The Balaban J connectivity index is 1.51. The van der Waals surface area contributed by atoms with E-state index in [1.54, 1.807) is 0 Å². The maximum Gasteiger partial charge on any atom is 0.405 e. The van der Waals surface area contributed by atoms with Crippen LogP contribution in [-0.2, 0) is 18.6 Å². The molecule has 0 saturated carbocycles. The van der Waals surface area contributed by atoms with Crippen molar-refractivity contribution in [1.82, 2.24) is 24.2 Å². The first-order valence-corrected chi connectivity index (χ1v) is 11.3. The zero-order valence-electron chi connectivity index (χ0n) is 14.9. The van der Waals surface area contributed by atoms with Gasteiger partial charge in [-0.3, -0.25) is 13.9 Å². The van der Waals surface area contributed by atoms with Crippen LogP contribution in [0.5, 0.6) is 0 Å². The molecule has 4 heterocycles. The van der Waals surface area contributed by atoms with Gasteiger partial charge in [0.2, 0.25) is 0 Å². The van der Waals surface area contributed by atoms with E-state index in [-0.39, 0.29) is 24.3 Å². The molecule has 0 radical (unpaired) electrons. The van der Waals surface area contributed by atoms with E-state index < -0.39 is 44.5 Å². The number of halogens is 1. The van der Waals surface area contributed by atoms with Gasteiger partial charge in [0.25, 0.3) is 5.56 Å². The quantitative estimate of drug-likeness (QED) is 0.203. The molecule has 0 bridgehead atoms. The molecule has 0 spiro atoms. The first-order chi connectivity index (χ1) is 13.8. The SMILES string of the molecule is O=c1[nH]cnc2c1nc(I)n2[C@@H]1O[C@H](COP(=O)(O)N2CCOCC2)[C@@H](O)[C@H]1O. The first-order valence-electron chi connectivity index (χ1n) is 8.73. The van der Waals surface area contributed by atoms with E-state index in [9.17, 15) is 24.5 Å². The lowest BCUT2D eigenvalue weighted by molar-refractivity contribution is -0.0518. The molecule has 2 fully saturated rings. The Hall–Kier alpha value is -0.970. The molecule has 15 heteroatoms. The van der Waals surface area contributed by atoms with Gasteiger partial charge in [-0.15, -0.1) is 0 Å². The molecule has 2 aromatic heterocycles. The van der Waals surface area contributed by atoms with E-state index in [4.69, 9.17) is 14.0 Å². The Labute approximate surface area is 177 Å². The van der Waals surface area contributed by atoms with Gasteiger partial charge in [0.1, 0.15) is 18.3 Å². The van der Waals surface area contributed by atoms with Crippen LogP contribution in [0.25, 0.3) is 11.2 Å². The molecule has 2 aliphatic heterocycles.